The van der Waals surface area contributed by atoms with Crippen molar-refractivity contribution >= 4 is 5.91 Å². The monoisotopic (exact) mass is 238 g/mol. The van der Waals surface area contributed by atoms with Crippen molar-refractivity contribution in [3.8, 4) is 6.07 Å². The van der Waals surface area contributed by atoms with Crippen LogP contribution in [0, 0.1) is 17.2 Å². The molecule has 1 heterocycles. The van der Waals surface area contributed by atoms with Crippen LogP contribution >= 0.6 is 0 Å². The molecular weight excluding hydrogens is 216 g/mol. The molecule has 1 rings (SSSR count). The summed E-state index contributed by atoms with van der Waals surface area (Å²) in [6.45, 7) is 7.87. The Morgan fingerprint density at radius 1 is 1.59 bits per heavy atom. The molecule has 0 aromatic rings. The molecule has 0 aromatic carbocycles. The molecule has 1 unspecified atom stereocenters. The van der Waals surface area contributed by atoms with Gasteiger partial charge in [0.2, 0.25) is 0 Å². The molecule has 0 bridgehead atoms. The Kier molecular flexibility index (Phi) is 4.95. The van der Waals surface area contributed by atoms with Crippen molar-refractivity contribution in [1.29, 1.82) is 5.26 Å². The Bertz CT molecular complexity index is 301. The summed E-state index contributed by atoms with van der Waals surface area (Å²) in [5, 5.41) is 8.64. The van der Waals surface area contributed by atoms with Crippen LogP contribution < -0.4 is 0 Å². The van der Waals surface area contributed by atoms with Crippen molar-refractivity contribution in [2.75, 3.05) is 19.7 Å². The predicted octanol–water partition coefficient (Wildman–Crippen LogP) is 1.95. The van der Waals surface area contributed by atoms with E-state index in [1.54, 1.807) is 4.90 Å². The largest absolute Gasteiger partial charge is 0.365 e. The summed E-state index contributed by atoms with van der Waals surface area (Å²) in [4.78, 5) is 14.2. The highest BCUT2D eigenvalue weighted by molar-refractivity contribution is 5.85. The van der Waals surface area contributed by atoms with E-state index in [2.05, 4.69) is 19.9 Å². The lowest BCUT2D eigenvalue weighted by molar-refractivity contribution is -0.151. The quantitative estimate of drug-likeness (QED) is 0.735. The van der Waals surface area contributed by atoms with Crippen LogP contribution in [0.15, 0.2) is 0 Å². The van der Waals surface area contributed by atoms with E-state index in [4.69, 9.17) is 10.00 Å². The summed E-state index contributed by atoms with van der Waals surface area (Å²) < 4.78 is 5.57. The Morgan fingerprint density at radius 3 is 2.76 bits per heavy atom. The van der Waals surface area contributed by atoms with Gasteiger partial charge < -0.3 is 9.64 Å². The number of rotatable bonds is 5. The van der Waals surface area contributed by atoms with E-state index in [-0.39, 0.29) is 5.91 Å². The predicted molar refractivity (Wildman–Crippen MR) is 65.2 cm³/mol. The molecule has 4 nitrogen and oxygen atoms in total. The number of hydrogen-bond acceptors (Lipinski definition) is 3. The highest BCUT2D eigenvalue weighted by Crippen LogP contribution is 2.27. The smallest absolute Gasteiger partial charge is 0.254 e. The van der Waals surface area contributed by atoms with Crippen molar-refractivity contribution < 1.29 is 9.53 Å². The molecule has 1 aliphatic rings. The van der Waals surface area contributed by atoms with Gasteiger partial charge >= 0.3 is 0 Å². The molecule has 4 heteroatoms. The van der Waals surface area contributed by atoms with Gasteiger partial charge in [-0.25, -0.2) is 0 Å². The topological polar surface area (TPSA) is 53.3 Å². The van der Waals surface area contributed by atoms with Crippen molar-refractivity contribution in [3.63, 3.8) is 0 Å². The second kappa shape index (κ2) is 6.02. The molecule has 1 saturated heterocycles. The van der Waals surface area contributed by atoms with Crippen LogP contribution in [0.1, 0.15) is 40.0 Å². The minimum absolute atomic E-state index is 0.0407. The van der Waals surface area contributed by atoms with Gasteiger partial charge in [0.15, 0.2) is 0 Å². The lowest BCUT2D eigenvalue weighted by atomic mass is 10.00. The summed E-state index contributed by atoms with van der Waals surface area (Å²) in [5.74, 6) is 0.446. The average Bonchev–Trinajstić information content (AvgIpc) is 2.71. The third-order valence-corrected chi connectivity index (χ3v) is 3.04. The highest BCUT2D eigenvalue weighted by atomic mass is 16.5. The van der Waals surface area contributed by atoms with Crippen LogP contribution in [-0.2, 0) is 9.53 Å². The number of carbonyl (C=O) groups excluding carboxylic acids is 1. The second-order valence-corrected chi connectivity index (χ2v) is 5.24. The number of hydrogen-bond donors (Lipinski definition) is 0. The van der Waals surface area contributed by atoms with Gasteiger partial charge in [-0.3, -0.25) is 4.79 Å². The summed E-state index contributed by atoms with van der Waals surface area (Å²) in [6.07, 6.45) is 2.11. The van der Waals surface area contributed by atoms with Gasteiger partial charge in [-0.2, -0.15) is 5.26 Å². The molecule has 0 radical (unpaired) electrons. The minimum Gasteiger partial charge on any atom is -0.365 e. The van der Waals surface area contributed by atoms with Crippen LogP contribution in [0.5, 0.6) is 0 Å². The van der Waals surface area contributed by atoms with Gasteiger partial charge in [0.25, 0.3) is 5.91 Å². The maximum atomic E-state index is 12.4. The third kappa shape index (κ3) is 3.71. The molecule has 1 atom stereocenters. The molecule has 0 aromatic heterocycles. The maximum Gasteiger partial charge on any atom is 0.254 e. The molecule has 96 valence electrons. The first kappa shape index (κ1) is 14.0. The van der Waals surface area contributed by atoms with Crippen LogP contribution in [0.25, 0.3) is 0 Å². The average molecular weight is 238 g/mol. The fourth-order valence-corrected chi connectivity index (χ4v) is 2.18. The Labute approximate surface area is 104 Å². The van der Waals surface area contributed by atoms with Crippen LogP contribution in [0.3, 0.4) is 0 Å². The van der Waals surface area contributed by atoms with Gasteiger partial charge in [0, 0.05) is 19.7 Å². The summed E-state index contributed by atoms with van der Waals surface area (Å²) in [6, 6.07) is 2.09. The SMILES string of the molecule is CC(C)CN(CCC#N)C(=O)C1(C)CCCO1. The zero-order valence-electron chi connectivity index (χ0n) is 11.0. The third-order valence-electron chi connectivity index (χ3n) is 3.04. The molecule has 1 fully saturated rings. The summed E-state index contributed by atoms with van der Waals surface area (Å²) in [5.41, 5.74) is -0.662. The number of nitriles is 1. The first-order valence-electron chi connectivity index (χ1n) is 6.30. The highest BCUT2D eigenvalue weighted by Gasteiger charge is 2.40. The van der Waals surface area contributed by atoms with E-state index in [0.717, 1.165) is 12.8 Å². The van der Waals surface area contributed by atoms with E-state index >= 15 is 0 Å². The minimum atomic E-state index is -0.662. The summed E-state index contributed by atoms with van der Waals surface area (Å²) in [7, 11) is 0. The van der Waals surface area contributed by atoms with Crippen molar-refractivity contribution in [2.24, 2.45) is 5.92 Å². The van der Waals surface area contributed by atoms with Gasteiger partial charge in [0.05, 0.1) is 12.5 Å². The zero-order chi connectivity index (χ0) is 12.9. The lowest BCUT2D eigenvalue weighted by Gasteiger charge is -2.31. The molecule has 0 aliphatic carbocycles. The molecule has 0 N–H and O–H groups in total. The van der Waals surface area contributed by atoms with Gasteiger partial charge in [-0.15, -0.1) is 0 Å². The molecule has 1 amide bonds. The number of amides is 1. The van der Waals surface area contributed by atoms with E-state index < -0.39 is 5.60 Å². The van der Waals surface area contributed by atoms with Crippen molar-refractivity contribution in [3.05, 3.63) is 0 Å². The van der Waals surface area contributed by atoms with Crippen LogP contribution in [0.4, 0.5) is 0 Å². The van der Waals surface area contributed by atoms with Gasteiger partial charge in [-0.05, 0) is 25.7 Å². The normalized spacial score (nSPS) is 23.7. The lowest BCUT2D eigenvalue weighted by Crippen LogP contribution is -2.48. The standard InChI is InChI=1S/C13H22N2O2/c1-11(2)10-15(8-5-7-14)12(16)13(3)6-4-9-17-13/h11H,4-6,8-10H2,1-3H3. The van der Waals surface area contributed by atoms with Crippen molar-refractivity contribution in [1.82, 2.24) is 4.90 Å². The molecular formula is C13H22N2O2. The fourth-order valence-electron chi connectivity index (χ4n) is 2.18. The Balaban J connectivity index is 2.67. The molecule has 0 saturated carbocycles. The molecule has 17 heavy (non-hydrogen) atoms. The van der Waals surface area contributed by atoms with Gasteiger partial charge in [-0.1, -0.05) is 13.8 Å². The van der Waals surface area contributed by atoms with E-state index in [1.807, 2.05) is 6.92 Å². The van der Waals surface area contributed by atoms with Crippen LogP contribution in [-0.4, -0.2) is 36.1 Å². The Hall–Kier alpha value is -1.08. The van der Waals surface area contributed by atoms with E-state index in [1.165, 1.54) is 0 Å². The molecule has 0 spiro atoms. The van der Waals surface area contributed by atoms with E-state index in [9.17, 15) is 4.79 Å². The van der Waals surface area contributed by atoms with Crippen LogP contribution in [0.2, 0.25) is 0 Å². The van der Waals surface area contributed by atoms with Gasteiger partial charge in [0.1, 0.15) is 5.60 Å². The first-order valence-corrected chi connectivity index (χ1v) is 6.30. The maximum absolute atomic E-state index is 12.4. The number of nitrogens with zero attached hydrogens (tertiary/aromatic N) is 2. The first-order chi connectivity index (χ1) is 7.99. The van der Waals surface area contributed by atoms with E-state index in [0.29, 0.717) is 32.0 Å². The zero-order valence-corrected chi connectivity index (χ0v) is 11.0. The summed E-state index contributed by atoms with van der Waals surface area (Å²) >= 11 is 0. The Morgan fingerprint density at radius 2 is 2.29 bits per heavy atom. The number of ether oxygens (including phenoxy) is 1. The van der Waals surface area contributed by atoms with Crippen molar-refractivity contribution in [2.45, 2.75) is 45.6 Å². The fraction of sp³-hybridized carbons (Fsp3) is 0.846. The molecule has 1 aliphatic heterocycles. The number of carbonyl (C=O) groups is 1. The second-order valence-electron chi connectivity index (χ2n) is 5.24.